The summed E-state index contributed by atoms with van der Waals surface area (Å²) in [5.74, 6) is 0.274. The minimum absolute atomic E-state index is 0.173. The van der Waals surface area contributed by atoms with E-state index >= 15 is 0 Å². The fourth-order valence-electron chi connectivity index (χ4n) is 14.4. The molecule has 130 heavy (non-hydrogen) atoms. The van der Waals surface area contributed by atoms with Crippen LogP contribution >= 0.6 is 39.1 Å². The monoisotopic (exact) mass is 1840 g/mol. The second-order valence-corrected chi connectivity index (χ2v) is 35.7. The number of pyridine rings is 4. The lowest BCUT2D eigenvalue weighted by Crippen LogP contribution is -2.41. The summed E-state index contributed by atoms with van der Waals surface area (Å²) in [6.45, 7) is 30.6. The second-order valence-electron chi connectivity index (χ2n) is 34.1. The number of para-hydroxylation sites is 1. The van der Waals surface area contributed by atoms with Crippen LogP contribution in [0.5, 0.6) is 0 Å². The Morgan fingerprint density at radius 1 is 0.346 bits per heavy atom. The van der Waals surface area contributed by atoms with Crippen molar-refractivity contribution in [1.82, 2.24) is 120 Å². The van der Waals surface area contributed by atoms with E-state index in [0.29, 0.717) is 135 Å². The highest BCUT2D eigenvalue weighted by Gasteiger charge is 2.35. The van der Waals surface area contributed by atoms with Crippen LogP contribution in [0.3, 0.4) is 0 Å². The molecule has 0 unspecified atom stereocenters. The van der Waals surface area contributed by atoms with E-state index in [9.17, 15) is 19.2 Å². The molecule has 0 saturated heterocycles. The topological polar surface area (TPSA) is 446 Å². The van der Waals surface area contributed by atoms with Crippen molar-refractivity contribution in [2.45, 2.75) is 126 Å². The van der Waals surface area contributed by atoms with E-state index in [1.807, 2.05) is 248 Å². The third-order valence-electron chi connectivity index (χ3n) is 21.8. The summed E-state index contributed by atoms with van der Waals surface area (Å²) in [5, 5.41) is 35.5. The number of nitrogens with one attached hydrogen (secondary N) is 4. The van der Waals surface area contributed by atoms with Gasteiger partial charge in [0.1, 0.15) is 93.6 Å². The lowest BCUT2D eigenvalue weighted by Gasteiger charge is -2.26. The molecule has 32 nitrogen and oxygen atoms in total. The van der Waals surface area contributed by atoms with Crippen LogP contribution in [0.25, 0.3) is 100 Å². The number of halogens is 3. The van der Waals surface area contributed by atoms with Crippen LogP contribution in [-0.2, 0) is 22.2 Å². The Labute approximate surface area is 767 Å². The van der Waals surface area contributed by atoms with Crippen LogP contribution < -0.4 is 44.2 Å². The zero-order chi connectivity index (χ0) is 93.0. The van der Waals surface area contributed by atoms with Crippen molar-refractivity contribution in [2.24, 2.45) is 0 Å². The molecule has 17 aromatic rings. The number of nitrogens with two attached hydrogens (primary N) is 4. The van der Waals surface area contributed by atoms with Gasteiger partial charge in [0.2, 0.25) is 0 Å². The lowest BCUT2D eigenvalue weighted by molar-refractivity contribution is 0.0923. The summed E-state index contributed by atoms with van der Waals surface area (Å²) in [4.78, 5) is 103. The standard InChI is InChI=1S/C26H25N7O.C23H24BrN7O.2C23H24ClN7O/c1-16-8-10-18(11-9-16)22-21-23(27)29-15-30-24(21)33(32-22)26(2,3)14-28-25(34)20-13-12-17-6-4-5-7-19(17)31-20;2*1-13-5-8-15(9-6-13)18-17-20(25)27-12-28-21(17)31(30-18)23(3,4)11-26-22(32)19-16(24)10-7-14(2)29-19;1-13-5-8-15(9-6-13)18-17-20(25)27-12-28-21(17)31(30-18)23(3,4)11-26-22(32)16-10-7-14(2)29-19(16)24/h4-13,15H,14H2,1-3H3,(H,28,34)(H2,27,29,30);3*5-10,12H,11H2,1-4H3,(H,26,32)(H2,25,27,28). The molecule has 17 rings (SSSR count). The fourth-order valence-corrected chi connectivity index (χ4v) is 15.2. The second kappa shape index (κ2) is 37.7. The van der Waals surface area contributed by atoms with Crippen LogP contribution in [0.2, 0.25) is 10.2 Å². The molecular formula is C95H97BrCl2N28O4. The molecule has 0 radical (unpaired) electrons. The Morgan fingerprint density at radius 2 is 0.662 bits per heavy atom. The molecule has 0 spiro atoms. The van der Waals surface area contributed by atoms with Gasteiger partial charge in [-0.05, 0) is 168 Å². The van der Waals surface area contributed by atoms with Gasteiger partial charge in [0.25, 0.3) is 23.6 Å². The van der Waals surface area contributed by atoms with Crippen LogP contribution in [0.4, 0.5) is 23.3 Å². The third-order valence-corrected chi connectivity index (χ3v) is 23.0. The van der Waals surface area contributed by atoms with E-state index in [0.717, 1.165) is 66.8 Å². The van der Waals surface area contributed by atoms with Gasteiger partial charge in [-0.15, -0.1) is 0 Å². The van der Waals surface area contributed by atoms with Gasteiger partial charge in [0.05, 0.1) is 59.8 Å². The fraction of sp³-hybridized carbons (Fsp3) is 0.242. The quantitative estimate of drug-likeness (QED) is 0.0329. The van der Waals surface area contributed by atoms with E-state index in [1.165, 1.54) is 25.3 Å². The molecule has 0 aliphatic rings. The van der Waals surface area contributed by atoms with Crippen LogP contribution in [0, 0.1) is 48.5 Å². The number of hydrogen-bond donors (Lipinski definition) is 8. The Balaban J connectivity index is 0.000000140. The number of nitrogen functional groups attached to an aromatic ring is 4. The molecule has 5 aromatic carbocycles. The van der Waals surface area contributed by atoms with Crippen molar-refractivity contribution >= 4 is 141 Å². The first-order valence-corrected chi connectivity index (χ1v) is 43.0. The van der Waals surface area contributed by atoms with Gasteiger partial charge < -0.3 is 44.2 Å². The number of carbonyl (C=O) groups is 4. The van der Waals surface area contributed by atoms with Gasteiger partial charge in [0.15, 0.2) is 22.6 Å². The molecule has 0 aliphatic carbocycles. The summed E-state index contributed by atoms with van der Waals surface area (Å²) in [7, 11) is 0. The molecular weight excluding hydrogens is 1750 g/mol. The summed E-state index contributed by atoms with van der Waals surface area (Å²) < 4.78 is 7.81. The normalized spacial score (nSPS) is 11.7. The maximum absolute atomic E-state index is 12.9. The van der Waals surface area contributed by atoms with E-state index in [1.54, 1.807) is 44.4 Å². The van der Waals surface area contributed by atoms with Crippen molar-refractivity contribution in [2.75, 3.05) is 49.1 Å². The lowest BCUT2D eigenvalue weighted by atomic mass is 10.1. The van der Waals surface area contributed by atoms with Crippen molar-refractivity contribution in [1.29, 1.82) is 0 Å². The number of aryl methyl sites for hydroxylation is 7. The highest BCUT2D eigenvalue weighted by Crippen LogP contribution is 2.39. The van der Waals surface area contributed by atoms with Crippen molar-refractivity contribution < 1.29 is 19.2 Å². The summed E-state index contributed by atoms with van der Waals surface area (Å²) in [6, 6.07) is 54.0. The van der Waals surface area contributed by atoms with Crippen LogP contribution in [0.15, 0.2) is 200 Å². The number of anilines is 4. The van der Waals surface area contributed by atoms with Crippen LogP contribution in [-0.4, -0.2) is 149 Å². The minimum Gasteiger partial charge on any atom is -0.383 e. The summed E-state index contributed by atoms with van der Waals surface area (Å²) >= 11 is 15.7. The molecule has 662 valence electrons. The first-order chi connectivity index (χ1) is 61.8. The molecule has 0 fully saturated rings. The predicted molar refractivity (Wildman–Crippen MR) is 513 cm³/mol. The number of hydrogen-bond acceptors (Lipinski definition) is 24. The maximum atomic E-state index is 12.9. The predicted octanol–water partition coefficient (Wildman–Crippen LogP) is 15.9. The molecule has 12 N–H and O–H groups in total. The highest BCUT2D eigenvalue weighted by atomic mass is 79.9. The summed E-state index contributed by atoms with van der Waals surface area (Å²) in [6.07, 6.45) is 5.70. The first kappa shape index (κ1) is 91.5. The van der Waals surface area contributed by atoms with Crippen molar-refractivity contribution in [3.8, 4) is 45.0 Å². The Bertz CT molecular complexity index is 6950. The molecule has 0 bridgehead atoms. The average molecular weight is 1850 g/mol. The van der Waals surface area contributed by atoms with Crippen LogP contribution in [0.1, 0.15) is 137 Å². The Kier molecular flexibility index (Phi) is 26.5. The van der Waals surface area contributed by atoms with E-state index in [-0.39, 0.29) is 47.6 Å². The molecule has 0 aliphatic heterocycles. The van der Waals surface area contributed by atoms with E-state index in [4.69, 9.17) is 66.5 Å². The van der Waals surface area contributed by atoms with E-state index < -0.39 is 22.2 Å². The number of carbonyl (C=O) groups excluding carboxylic acids is 4. The zero-order valence-electron chi connectivity index (χ0n) is 74.3. The molecule has 12 heterocycles. The van der Waals surface area contributed by atoms with Gasteiger partial charge in [0, 0.05) is 75.4 Å². The highest BCUT2D eigenvalue weighted by molar-refractivity contribution is 9.10. The SMILES string of the molecule is Cc1ccc(-c2nn(C(C)(C)CNC(=O)c3ccc(C)nc3Cl)c3ncnc(N)c23)cc1.Cc1ccc(-c2nn(C(C)(C)CNC(=O)c3ccc4ccccc4n3)c3ncnc(N)c23)cc1.Cc1ccc(-c2nn(C(C)(C)CNC(=O)c3nc(C)ccc3Br)c3ncnc(N)c23)cc1.Cc1ccc(-c2nn(C(C)(C)CNC(=O)c3nc(C)ccc3Cl)c3ncnc(N)c23)cc1. The number of benzene rings is 5. The minimum atomic E-state index is -0.631. The van der Waals surface area contributed by atoms with Gasteiger partial charge in [-0.3, -0.25) is 19.2 Å². The van der Waals surface area contributed by atoms with E-state index in [2.05, 4.69) is 97.0 Å². The molecule has 0 atom stereocenters. The van der Waals surface area contributed by atoms with Crippen molar-refractivity contribution in [3.05, 3.63) is 272 Å². The first-order valence-electron chi connectivity index (χ1n) is 41.5. The maximum Gasteiger partial charge on any atom is 0.271 e. The van der Waals surface area contributed by atoms with Gasteiger partial charge in [-0.1, -0.05) is 167 Å². The smallest absolute Gasteiger partial charge is 0.271 e. The number of fused-ring (bicyclic) bond motifs is 5. The zero-order valence-corrected chi connectivity index (χ0v) is 77.4. The molecule has 0 saturated carbocycles. The Morgan fingerprint density at radius 3 is 1.03 bits per heavy atom. The number of rotatable bonds is 20. The largest absolute Gasteiger partial charge is 0.383 e. The Hall–Kier alpha value is -14.7. The molecule has 4 amide bonds. The summed E-state index contributed by atoms with van der Waals surface area (Å²) in [5.41, 5.74) is 40.2. The average Bonchev–Trinajstić information content (AvgIpc) is 1.62. The number of amides is 4. The molecule has 35 heteroatoms. The molecule has 12 aromatic heterocycles. The van der Waals surface area contributed by atoms with Gasteiger partial charge in [-0.2, -0.15) is 20.4 Å². The van der Waals surface area contributed by atoms with Gasteiger partial charge in [-0.25, -0.2) is 78.5 Å². The number of aromatic nitrogens is 20. The van der Waals surface area contributed by atoms with Crippen molar-refractivity contribution in [3.63, 3.8) is 0 Å². The van der Waals surface area contributed by atoms with Gasteiger partial charge >= 0.3 is 0 Å². The number of nitrogens with zero attached hydrogens (tertiary/aromatic N) is 20. The third kappa shape index (κ3) is 19.8.